The molecular weight excluding hydrogens is 182 g/mol. The zero-order valence-electron chi connectivity index (χ0n) is 10.3. The Hall–Kier alpha value is -0.820. The highest BCUT2D eigenvalue weighted by atomic mass is 14.8. The average molecular weight is 205 g/mol. The normalized spacial score (nSPS) is 18.1. The van der Waals surface area contributed by atoms with Gasteiger partial charge < -0.3 is 5.32 Å². The maximum atomic E-state index is 3.42. The van der Waals surface area contributed by atoms with E-state index in [1.54, 1.807) is 5.57 Å². The lowest BCUT2D eigenvalue weighted by molar-refractivity contribution is 0.707. The smallest absolute Gasteiger partial charge is 0.00114 e. The summed E-state index contributed by atoms with van der Waals surface area (Å²) >= 11 is 0. The van der Waals surface area contributed by atoms with E-state index in [0.29, 0.717) is 0 Å². The fourth-order valence-corrected chi connectivity index (χ4v) is 1.88. The first-order valence-corrected chi connectivity index (χ1v) is 5.91. The summed E-state index contributed by atoms with van der Waals surface area (Å²) in [5, 5.41) is 3.42. The Morgan fingerprint density at radius 3 is 2.87 bits per heavy atom. The molecule has 0 radical (unpaired) electrons. The van der Waals surface area contributed by atoms with Crippen molar-refractivity contribution in [1.82, 2.24) is 5.32 Å². The van der Waals surface area contributed by atoms with E-state index in [4.69, 9.17) is 0 Å². The van der Waals surface area contributed by atoms with Crippen LogP contribution in [0.25, 0.3) is 0 Å². The Morgan fingerprint density at radius 1 is 1.40 bits per heavy atom. The zero-order valence-corrected chi connectivity index (χ0v) is 10.3. The van der Waals surface area contributed by atoms with Crippen molar-refractivity contribution in [3.8, 4) is 0 Å². The van der Waals surface area contributed by atoms with Gasteiger partial charge in [-0.25, -0.2) is 0 Å². The molecule has 0 aromatic carbocycles. The molecule has 0 aromatic heterocycles. The summed E-state index contributed by atoms with van der Waals surface area (Å²) < 4.78 is 0. The number of hydrogen-bond acceptors (Lipinski definition) is 1. The Kier molecular flexibility index (Phi) is 5.41. The fourth-order valence-electron chi connectivity index (χ4n) is 1.88. The monoisotopic (exact) mass is 205 g/mol. The number of nitrogens with one attached hydrogen (secondary N) is 1. The average Bonchev–Trinajstić information content (AvgIpc) is 2.44. The largest absolute Gasteiger partial charge is 0.316 e. The van der Waals surface area contributed by atoms with Gasteiger partial charge in [-0.2, -0.15) is 0 Å². The molecule has 0 spiro atoms. The molecule has 0 aromatic rings. The molecule has 0 amide bonds. The maximum Gasteiger partial charge on any atom is -0.00114 e. The van der Waals surface area contributed by atoms with E-state index in [0.717, 1.165) is 19.5 Å². The molecule has 0 atom stereocenters. The van der Waals surface area contributed by atoms with E-state index in [1.807, 2.05) is 0 Å². The highest BCUT2D eigenvalue weighted by molar-refractivity contribution is 5.27. The van der Waals surface area contributed by atoms with Crippen LogP contribution in [0, 0.1) is 0 Å². The van der Waals surface area contributed by atoms with Crippen molar-refractivity contribution in [2.24, 2.45) is 0 Å². The van der Waals surface area contributed by atoms with Crippen molar-refractivity contribution in [3.63, 3.8) is 0 Å². The predicted molar refractivity (Wildman–Crippen MR) is 68.0 cm³/mol. The lowest BCUT2D eigenvalue weighted by Crippen LogP contribution is -2.13. The molecule has 0 aliphatic carbocycles. The summed E-state index contributed by atoms with van der Waals surface area (Å²) in [6, 6.07) is 0. The van der Waals surface area contributed by atoms with Gasteiger partial charge in [0.05, 0.1) is 0 Å². The van der Waals surface area contributed by atoms with E-state index in [1.165, 1.54) is 24.0 Å². The van der Waals surface area contributed by atoms with Crippen molar-refractivity contribution in [3.05, 3.63) is 34.9 Å². The van der Waals surface area contributed by atoms with Crippen molar-refractivity contribution in [2.45, 2.75) is 40.0 Å². The second-order valence-electron chi connectivity index (χ2n) is 4.41. The minimum Gasteiger partial charge on any atom is -0.316 e. The van der Waals surface area contributed by atoms with Gasteiger partial charge in [0, 0.05) is 0 Å². The van der Waals surface area contributed by atoms with E-state index >= 15 is 0 Å². The first kappa shape index (κ1) is 12.3. The Bertz CT molecular complexity index is 278. The number of allylic oxidation sites excluding steroid dienone is 4. The molecule has 1 N–H and O–H groups in total. The molecule has 1 heterocycles. The van der Waals surface area contributed by atoms with Crippen LogP contribution in [0.3, 0.4) is 0 Å². The first-order chi connectivity index (χ1) is 7.22. The van der Waals surface area contributed by atoms with Gasteiger partial charge in [0.2, 0.25) is 0 Å². The highest BCUT2D eigenvalue weighted by Crippen LogP contribution is 2.18. The van der Waals surface area contributed by atoms with Crippen molar-refractivity contribution < 1.29 is 0 Å². The van der Waals surface area contributed by atoms with E-state index < -0.39 is 0 Å². The molecule has 15 heavy (non-hydrogen) atoms. The molecule has 0 unspecified atom stereocenters. The molecule has 1 heteroatoms. The van der Waals surface area contributed by atoms with Gasteiger partial charge in [-0.1, -0.05) is 29.4 Å². The standard InChI is InChI=1S/C14H23N/c1-4-13(10-12(2)3)11-14-6-5-8-15-9-7-14/h4,6,10,15H,5,7-9,11H2,1-3H3/b13-4+. The summed E-state index contributed by atoms with van der Waals surface area (Å²) in [7, 11) is 0. The van der Waals surface area contributed by atoms with Crippen LogP contribution in [0.15, 0.2) is 34.9 Å². The first-order valence-electron chi connectivity index (χ1n) is 5.91. The van der Waals surface area contributed by atoms with Crippen LogP contribution in [0.1, 0.15) is 40.0 Å². The third-order valence-corrected chi connectivity index (χ3v) is 2.65. The van der Waals surface area contributed by atoms with E-state index in [-0.39, 0.29) is 0 Å². The van der Waals surface area contributed by atoms with Crippen LogP contribution in [0.2, 0.25) is 0 Å². The third kappa shape index (κ3) is 4.98. The molecule has 0 saturated heterocycles. The topological polar surface area (TPSA) is 12.0 Å². The molecule has 1 rings (SSSR count). The lowest BCUT2D eigenvalue weighted by atomic mass is 10.0. The zero-order chi connectivity index (χ0) is 11.1. The molecule has 0 fully saturated rings. The fraction of sp³-hybridized carbons (Fsp3) is 0.571. The molecule has 1 aliphatic rings. The van der Waals surface area contributed by atoms with Gasteiger partial charge >= 0.3 is 0 Å². The molecule has 84 valence electrons. The van der Waals surface area contributed by atoms with Crippen LogP contribution in [0.4, 0.5) is 0 Å². The van der Waals surface area contributed by atoms with Crippen molar-refractivity contribution >= 4 is 0 Å². The van der Waals surface area contributed by atoms with Crippen LogP contribution in [-0.2, 0) is 0 Å². The van der Waals surface area contributed by atoms with Crippen molar-refractivity contribution in [2.75, 3.05) is 13.1 Å². The quantitative estimate of drug-likeness (QED) is 0.548. The van der Waals surface area contributed by atoms with Gasteiger partial charge in [-0.15, -0.1) is 0 Å². The number of hydrogen-bond donors (Lipinski definition) is 1. The van der Waals surface area contributed by atoms with Gasteiger partial charge in [-0.05, 0) is 58.7 Å². The van der Waals surface area contributed by atoms with Crippen LogP contribution in [0.5, 0.6) is 0 Å². The van der Waals surface area contributed by atoms with Crippen LogP contribution >= 0.6 is 0 Å². The lowest BCUT2D eigenvalue weighted by Gasteiger charge is -2.06. The summed E-state index contributed by atoms with van der Waals surface area (Å²) in [5.74, 6) is 0. The third-order valence-electron chi connectivity index (χ3n) is 2.65. The summed E-state index contributed by atoms with van der Waals surface area (Å²) in [6.07, 6.45) is 10.4. The predicted octanol–water partition coefficient (Wildman–Crippen LogP) is 3.60. The Morgan fingerprint density at radius 2 is 2.20 bits per heavy atom. The molecule has 0 bridgehead atoms. The molecule has 0 saturated carbocycles. The second-order valence-corrected chi connectivity index (χ2v) is 4.41. The van der Waals surface area contributed by atoms with Gasteiger partial charge in [0.25, 0.3) is 0 Å². The van der Waals surface area contributed by atoms with Crippen molar-refractivity contribution in [1.29, 1.82) is 0 Å². The van der Waals surface area contributed by atoms with E-state index in [2.05, 4.69) is 44.3 Å². The van der Waals surface area contributed by atoms with E-state index in [9.17, 15) is 0 Å². The van der Waals surface area contributed by atoms with Gasteiger partial charge in [-0.3, -0.25) is 0 Å². The van der Waals surface area contributed by atoms with Crippen LogP contribution < -0.4 is 5.32 Å². The summed E-state index contributed by atoms with van der Waals surface area (Å²) in [5.41, 5.74) is 4.42. The summed E-state index contributed by atoms with van der Waals surface area (Å²) in [6.45, 7) is 8.72. The van der Waals surface area contributed by atoms with Gasteiger partial charge in [0.15, 0.2) is 0 Å². The minimum atomic E-state index is 1.13. The number of rotatable bonds is 3. The molecule has 1 aliphatic heterocycles. The molecule has 1 nitrogen and oxygen atoms in total. The second kappa shape index (κ2) is 6.62. The van der Waals surface area contributed by atoms with Gasteiger partial charge in [0.1, 0.15) is 0 Å². The highest BCUT2D eigenvalue weighted by Gasteiger charge is 2.03. The van der Waals surface area contributed by atoms with Crippen LogP contribution in [-0.4, -0.2) is 13.1 Å². The molecular formula is C14H23N. The SMILES string of the molecule is C/C=C(\C=C(C)C)CC1=CCCNCC1. The Labute approximate surface area is 94.0 Å². The Balaban J connectivity index is 2.58. The maximum absolute atomic E-state index is 3.42. The minimum absolute atomic E-state index is 1.13. The summed E-state index contributed by atoms with van der Waals surface area (Å²) in [4.78, 5) is 0.